The molecule has 0 fully saturated rings. The summed E-state index contributed by atoms with van der Waals surface area (Å²) in [6.45, 7) is 0.593. The molecular weight excluding hydrogens is 252 g/mol. The third-order valence-corrected chi connectivity index (χ3v) is 3.27. The number of hydrogen-bond donors (Lipinski definition) is 2. The van der Waals surface area contributed by atoms with Crippen LogP contribution in [0.2, 0.25) is 0 Å². The van der Waals surface area contributed by atoms with Crippen LogP contribution in [0.3, 0.4) is 0 Å². The van der Waals surface area contributed by atoms with Crippen LogP contribution in [0.4, 0.5) is 0 Å². The van der Waals surface area contributed by atoms with E-state index in [0.717, 1.165) is 16.3 Å². The SMILES string of the molecule is CN(C)C(=O)CNCC(O)c1ccc2ccccc2c1. The molecule has 4 nitrogen and oxygen atoms in total. The Bertz CT molecular complexity index is 596. The first-order chi connectivity index (χ1) is 9.58. The van der Waals surface area contributed by atoms with E-state index in [9.17, 15) is 9.90 Å². The Balaban J connectivity index is 1.97. The third kappa shape index (κ3) is 3.56. The summed E-state index contributed by atoms with van der Waals surface area (Å²) in [5.74, 6) is -0.00397. The molecule has 2 aromatic rings. The minimum absolute atomic E-state index is 0.00397. The van der Waals surface area contributed by atoms with Crippen molar-refractivity contribution >= 4 is 16.7 Å². The van der Waals surface area contributed by atoms with Crippen LogP contribution < -0.4 is 5.32 Å². The van der Waals surface area contributed by atoms with Crippen LogP contribution in [0.5, 0.6) is 0 Å². The van der Waals surface area contributed by atoms with Gasteiger partial charge in [-0.3, -0.25) is 4.79 Å². The summed E-state index contributed by atoms with van der Waals surface area (Å²) in [6.07, 6.45) is -0.616. The van der Waals surface area contributed by atoms with Gasteiger partial charge in [-0.1, -0.05) is 36.4 Å². The highest BCUT2D eigenvalue weighted by atomic mass is 16.3. The van der Waals surface area contributed by atoms with Crippen LogP contribution >= 0.6 is 0 Å². The lowest BCUT2D eigenvalue weighted by Gasteiger charge is -2.14. The normalized spacial score (nSPS) is 12.3. The molecule has 1 atom stereocenters. The Morgan fingerprint density at radius 3 is 2.60 bits per heavy atom. The summed E-state index contributed by atoms with van der Waals surface area (Å²) in [6, 6.07) is 13.9. The number of likely N-dealkylation sites (N-methyl/N-ethyl adjacent to an activating group) is 1. The van der Waals surface area contributed by atoms with Crippen molar-refractivity contribution in [2.45, 2.75) is 6.10 Å². The van der Waals surface area contributed by atoms with E-state index in [-0.39, 0.29) is 12.5 Å². The molecule has 0 aliphatic heterocycles. The number of nitrogens with zero attached hydrogens (tertiary/aromatic N) is 1. The fourth-order valence-corrected chi connectivity index (χ4v) is 2.01. The lowest BCUT2D eigenvalue weighted by Crippen LogP contribution is -2.34. The van der Waals surface area contributed by atoms with Crippen LogP contribution in [0.25, 0.3) is 10.8 Å². The second kappa shape index (κ2) is 6.50. The number of amides is 1. The fourth-order valence-electron chi connectivity index (χ4n) is 2.01. The van der Waals surface area contributed by atoms with E-state index in [1.165, 1.54) is 4.90 Å². The predicted octanol–water partition coefficient (Wildman–Crippen LogP) is 1.55. The second-order valence-corrected chi connectivity index (χ2v) is 5.04. The quantitative estimate of drug-likeness (QED) is 0.868. The maximum Gasteiger partial charge on any atom is 0.236 e. The van der Waals surface area contributed by atoms with Crippen molar-refractivity contribution in [3.8, 4) is 0 Å². The molecule has 106 valence electrons. The zero-order chi connectivity index (χ0) is 14.5. The third-order valence-electron chi connectivity index (χ3n) is 3.27. The predicted molar refractivity (Wildman–Crippen MR) is 80.5 cm³/mol. The van der Waals surface area contributed by atoms with Gasteiger partial charge >= 0.3 is 0 Å². The molecule has 0 bridgehead atoms. The molecule has 0 saturated heterocycles. The van der Waals surface area contributed by atoms with Gasteiger partial charge < -0.3 is 15.3 Å². The molecule has 0 aromatic heterocycles. The van der Waals surface area contributed by atoms with Gasteiger partial charge in [-0.2, -0.15) is 0 Å². The molecule has 1 amide bonds. The van der Waals surface area contributed by atoms with Gasteiger partial charge in [-0.05, 0) is 22.4 Å². The highest BCUT2D eigenvalue weighted by Crippen LogP contribution is 2.19. The van der Waals surface area contributed by atoms with Crippen LogP contribution in [-0.2, 0) is 4.79 Å². The van der Waals surface area contributed by atoms with Gasteiger partial charge in [0.25, 0.3) is 0 Å². The van der Waals surface area contributed by atoms with Crippen LogP contribution in [0, 0.1) is 0 Å². The lowest BCUT2D eigenvalue weighted by atomic mass is 10.0. The topological polar surface area (TPSA) is 52.6 Å². The van der Waals surface area contributed by atoms with Crippen LogP contribution in [-0.4, -0.2) is 43.1 Å². The van der Waals surface area contributed by atoms with Crippen molar-refractivity contribution in [1.82, 2.24) is 10.2 Å². The number of carbonyl (C=O) groups excluding carboxylic acids is 1. The Labute approximate surface area is 119 Å². The highest BCUT2D eigenvalue weighted by Gasteiger charge is 2.09. The Morgan fingerprint density at radius 1 is 1.20 bits per heavy atom. The van der Waals surface area contributed by atoms with Crippen molar-refractivity contribution < 1.29 is 9.90 Å². The number of fused-ring (bicyclic) bond motifs is 1. The number of rotatable bonds is 5. The van der Waals surface area contributed by atoms with Gasteiger partial charge in [0.05, 0.1) is 12.6 Å². The number of benzene rings is 2. The molecule has 1 unspecified atom stereocenters. The van der Waals surface area contributed by atoms with E-state index >= 15 is 0 Å². The highest BCUT2D eigenvalue weighted by molar-refractivity contribution is 5.83. The van der Waals surface area contributed by atoms with Crippen molar-refractivity contribution in [1.29, 1.82) is 0 Å². The lowest BCUT2D eigenvalue weighted by molar-refractivity contribution is -0.127. The van der Waals surface area contributed by atoms with E-state index in [1.54, 1.807) is 14.1 Å². The molecular formula is C16H20N2O2. The molecule has 20 heavy (non-hydrogen) atoms. The maximum atomic E-state index is 11.4. The Morgan fingerprint density at radius 2 is 1.90 bits per heavy atom. The van der Waals surface area contributed by atoms with Gasteiger partial charge in [0.15, 0.2) is 0 Å². The second-order valence-electron chi connectivity index (χ2n) is 5.04. The molecule has 2 aromatic carbocycles. The molecule has 0 aliphatic rings. The first-order valence-electron chi connectivity index (χ1n) is 6.65. The van der Waals surface area contributed by atoms with E-state index in [0.29, 0.717) is 6.54 Å². The zero-order valence-electron chi connectivity index (χ0n) is 11.8. The molecule has 4 heteroatoms. The number of carbonyl (C=O) groups is 1. The number of aliphatic hydroxyl groups excluding tert-OH is 1. The monoisotopic (exact) mass is 272 g/mol. The molecule has 0 spiro atoms. The van der Waals surface area contributed by atoms with E-state index in [1.807, 2.05) is 42.5 Å². The molecule has 0 aliphatic carbocycles. The smallest absolute Gasteiger partial charge is 0.236 e. The summed E-state index contributed by atoms with van der Waals surface area (Å²) in [5.41, 5.74) is 0.855. The van der Waals surface area contributed by atoms with Gasteiger partial charge in [0.2, 0.25) is 5.91 Å². The average molecular weight is 272 g/mol. The number of hydrogen-bond acceptors (Lipinski definition) is 3. The summed E-state index contributed by atoms with van der Waals surface area (Å²) >= 11 is 0. The maximum absolute atomic E-state index is 11.4. The van der Waals surface area contributed by atoms with E-state index in [4.69, 9.17) is 0 Å². The van der Waals surface area contributed by atoms with Gasteiger partial charge in [-0.25, -0.2) is 0 Å². The molecule has 0 heterocycles. The Kier molecular flexibility index (Phi) is 4.71. The van der Waals surface area contributed by atoms with Crippen molar-refractivity contribution in [3.63, 3.8) is 0 Å². The van der Waals surface area contributed by atoms with Crippen LogP contribution in [0.15, 0.2) is 42.5 Å². The van der Waals surface area contributed by atoms with Gasteiger partial charge in [0, 0.05) is 20.6 Å². The van der Waals surface area contributed by atoms with Crippen molar-refractivity contribution in [2.24, 2.45) is 0 Å². The molecule has 0 radical (unpaired) electrons. The van der Waals surface area contributed by atoms with Crippen molar-refractivity contribution in [2.75, 3.05) is 27.2 Å². The van der Waals surface area contributed by atoms with Crippen molar-refractivity contribution in [3.05, 3.63) is 48.0 Å². The first-order valence-corrected chi connectivity index (χ1v) is 6.65. The first kappa shape index (κ1) is 14.5. The number of nitrogens with one attached hydrogen (secondary N) is 1. The number of aliphatic hydroxyl groups is 1. The molecule has 2 rings (SSSR count). The summed E-state index contributed by atoms with van der Waals surface area (Å²) in [4.78, 5) is 12.9. The van der Waals surface area contributed by atoms with Gasteiger partial charge in [0.1, 0.15) is 0 Å². The van der Waals surface area contributed by atoms with Gasteiger partial charge in [-0.15, -0.1) is 0 Å². The largest absolute Gasteiger partial charge is 0.387 e. The average Bonchev–Trinajstić information content (AvgIpc) is 2.46. The molecule has 2 N–H and O–H groups in total. The molecule has 0 saturated carbocycles. The van der Waals surface area contributed by atoms with Crippen LogP contribution in [0.1, 0.15) is 11.7 Å². The van der Waals surface area contributed by atoms with E-state index < -0.39 is 6.10 Å². The minimum Gasteiger partial charge on any atom is -0.387 e. The summed E-state index contributed by atoms with van der Waals surface area (Å²) in [7, 11) is 3.42. The Hall–Kier alpha value is -1.91. The summed E-state index contributed by atoms with van der Waals surface area (Å²) in [5, 5.41) is 15.4. The standard InChI is InChI=1S/C16H20N2O2/c1-18(2)16(20)11-17-10-15(19)14-8-7-12-5-3-4-6-13(12)9-14/h3-9,15,17,19H,10-11H2,1-2H3. The fraction of sp³-hybridized carbons (Fsp3) is 0.312. The minimum atomic E-state index is -0.616. The zero-order valence-corrected chi connectivity index (χ0v) is 11.8. The summed E-state index contributed by atoms with van der Waals surface area (Å²) < 4.78 is 0. The van der Waals surface area contributed by atoms with E-state index in [2.05, 4.69) is 5.32 Å².